The lowest BCUT2D eigenvalue weighted by molar-refractivity contribution is -0.195. The molecule has 1 aliphatic rings. The Morgan fingerprint density at radius 2 is 1.93 bits per heavy atom. The van der Waals surface area contributed by atoms with Gasteiger partial charge in [0.15, 0.2) is 13.9 Å². The molecule has 0 heterocycles. The second-order valence-electron chi connectivity index (χ2n) is 9.09. The normalized spacial score (nSPS) is 25.0. The van der Waals surface area contributed by atoms with Gasteiger partial charge in [0.2, 0.25) is 5.60 Å². The summed E-state index contributed by atoms with van der Waals surface area (Å²) in [6, 6.07) is 7.35. The van der Waals surface area contributed by atoms with Crippen LogP contribution in [-0.2, 0) is 30.7 Å². The number of fused-ring (bicyclic) bond motifs is 1. The van der Waals surface area contributed by atoms with Crippen molar-refractivity contribution >= 4 is 14.3 Å². The molecule has 0 radical (unpaired) electrons. The summed E-state index contributed by atoms with van der Waals surface area (Å²) in [7, 11) is -0.733. The van der Waals surface area contributed by atoms with E-state index < -0.39 is 31.6 Å². The van der Waals surface area contributed by atoms with Crippen molar-refractivity contribution in [3.05, 3.63) is 35.4 Å². The van der Waals surface area contributed by atoms with Crippen molar-refractivity contribution in [2.24, 2.45) is 0 Å². The van der Waals surface area contributed by atoms with Gasteiger partial charge in [0.25, 0.3) is 0 Å². The summed E-state index contributed by atoms with van der Waals surface area (Å²) < 4.78 is 17.2. The third-order valence-electron chi connectivity index (χ3n) is 6.07. The second-order valence-corrected chi connectivity index (χ2v) is 13.8. The molecule has 1 aliphatic carbocycles. The Morgan fingerprint density at radius 3 is 2.48 bits per heavy atom. The Bertz CT molecular complexity index is 817. The molecule has 0 aliphatic heterocycles. The van der Waals surface area contributed by atoms with Gasteiger partial charge in [0, 0.05) is 18.6 Å². The number of carbonyl (C=O) groups excluding carboxylic acids is 1. The molecule has 3 atom stereocenters. The molecular weight excluding hydrogens is 384 g/mol. The van der Waals surface area contributed by atoms with Gasteiger partial charge in [0.1, 0.15) is 6.10 Å². The number of benzene rings is 1. The number of esters is 1. The van der Waals surface area contributed by atoms with Gasteiger partial charge >= 0.3 is 5.97 Å². The predicted octanol–water partition coefficient (Wildman–Crippen LogP) is 3.79. The van der Waals surface area contributed by atoms with E-state index in [9.17, 15) is 9.90 Å². The molecule has 29 heavy (non-hydrogen) atoms. The zero-order chi connectivity index (χ0) is 22.1. The van der Waals surface area contributed by atoms with Crippen LogP contribution in [0.3, 0.4) is 0 Å². The lowest BCUT2D eigenvalue weighted by Crippen LogP contribution is -2.57. The largest absolute Gasteiger partial charge is 0.467 e. The van der Waals surface area contributed by atoms with E-state index in [4.69, 9.17) is 13.9 Å². The van der Waals surface area contributed by atoms with Crippen LogP contribution in [0.2, 0.25) is 18.1 Å². The lowest BCUT2D eigenvalue weighted by atomic mass is 9.83. The molecule has 1 aromatic rings. The van der Waals surface area contributed by atoms with E-state index in [1.165, 1.54) is 7.11 Å². The number of aliphatic hydroxyl groups is 1. The molecule has 0 saturated carbocycles. The van der Waals surface area contributed by atoms with E-state index in [0.717, 1.165) is 5.56 Å². The first-order chi connectivity index (χ1) is 13.3. The summed E-state index contributed by atoms with van der Waals surface area (Å²) in [6.07, 6.45) is -0.198. The van der Waals surface area contributed by atoms with Gasteiger partial charge in [-0.3, -0.25) is 0 Å². The monoisotopic (exact) mass is 418 g/mol. The van der Waals surface area contributed by atoms with Gasteiger partial charge in [-0.2, -0.15) is 0 Å². The maximum atomic E-state index is 12.8. The Morgan fingerprint density at radius 1 is 1.31 bits per heavy atom. The van der Waals surface area contributed by atoms with Crippen molar-refractivity contribution in [2.75, 3.05) is 13.7 Å². The van der Waals surface area contributed by atoms with Crippen LogP contribution in [0.1, 0.15) is 45.7 Å². The summed E-state index contributed by atoms with van der Waals surface area (Å²) in [4.78, 5) is 12.8. The predicted molar refractivity (Wildman–Crippen MR) is 116 cm³/mol. The van der Waals surface area contributed by atoms with E-state index in [1.807, 2.05) is 25.1 Å². The van der Waals surface area contributed by atoms with Crippen molar-refractivity contribution in [3.8, 4) is 11.8 Å². The molecule has 1 N–H and O–H groups in total. The van der Waals surface area contributed by atoms with Crippen molar-refractivity contribution in [3.63, 3.8) is 0 Å². The summed E-state index contributed by atoms with van der Waals surface area (Å²) in [5, 5.41) is 11.8. The quantitative estimate of drug-likeness (QED) is 0.448. The van der Waals surface area contributed by atoms with Crippen molar-refractivity contribution in [1.29, 1.82) is 0 Å². The summed E-state index contributed by atoms with van der Waals surface area (Å²) in [5.41, 5.74) is -2.03. The van der Waals surface area contributed by atoms with Crippen LogP contribution in [-0.4, -0.2) is 44.8 Å². The number of hydrogen-bond donors (Lipinski definition) is 1. The zero-order valence-electron chi connectivity index (χ0n) is 18.9. The average molecular weight is 419 g/mol. The molecule has 0 fully saturated rings. The Balaban J connectivity index is 2.51. The fourth-order valence-corrected chi connectivity index (χ4v) is 4.81. The van der Waals surface area contributed by atoms with Gasteiger partial charge in [-0.05, 0) is 37.5 Å². The van der Waals surface area contributed by atoms with Crippen molar-refractivity contribution < 1.29 is 23.8 Å². The first-order valence-corrected chi connectivity index (χ1v) is 13.0. The van der Waals surface area contributed by atoms with Gasteiger partial charge in [-0.25, -0.2) is 4.79 Å². The minimum atomic E-state index is -2.03. The Kier molecular flexibility index (Phi) is 6.71. The van der Waals surface area contributed by atoms with Gasteiger partial charge < -0.3 is 19.0 Å². The third kappa shape index (κ3) is 4.15. The minimum Gasteiger partial charge on any atom is -0.467 e. The van der Waals surface area contributed by atoms with Crippen molar-refractivity contribution in [1.82, 2.24) is 0 Å². The van der Waals surface area contributed by atoms with Crippen LogP contribution < -0.4 is 0 Å². The fraction of sp³-hybridized carbons (Fsp3) is 0.609. The molecule has 160 valence electrons. The molecule has 0 amide bonds. The van der Waals surface area contributed by atoms with Crippen LogP contribution in [0, 0.1) is 11.8 Å². The first kappa shape index (κ1) is 23.6. The number of hydrogen-bond acceptors (Lipinski definition) is 5. The van der Waals surface area contributed by atoms with Crippen LogP contribution in [0.25, 0.3) is 0 Å². The number of carbonyl (C=O) groups is 1. The summed E-state index contributed by atoms with van der Waals surface area (Å²) >= 11 is 0. The highest BCUT2D eigenvalue weighted by Crippen LogP contribution is 2.47. The summed E-state index contributed by atoms with van der Waals surface area (Å²) in [5.74, 6) is 5.37. The molecule has 6 heteroatoms. The average Bonchev–Trinajstić information content (AvgIpc) is 2.88. The molecule has 3 unspecified atom stereocenters. The number of ether oxygens (including phenoxy) is 2. The second kappa shape index (κ2) is 8.23. The number of rotatable bonds is 5. The SMILES string of the molecule is CCOC1(C(=O)OC)Cc2ccccc2C1(O)C#CC(C)O[Si](C)(C)C(C)(C)C. The topological polar surface area (TPSA) is 65.0 Å². The van der Waals surface area contributed by atoms with Crippen LogP contribution in [0.4, 0.5) is 0 Å². The maximum absolute atomic E-state index is 12.8. The van der Waals surface area contributed by atoms with E-state index in [0.29, 0.717) is 5.56 Å². The van der Waals surface area contributed by atoms with E-state index in [2.05, 4.69) is 45.7 Å². The first-order valence-electron chi connectivity index (χ1n) is 10.1. The van der Waals surface area contributed by atoms with E-state index in [-0.39, 0.29) is 18.1 Å². The lowest BCUT2D eigenvalue weighted by Gasteiger charge is -2.38. The fourth-order valence-electron chi connectivity index (χ4n) is 3.51. The Hall–Kier alpha value is -1.65. The molecule has 0 bridgehead atoms. The maximum Gasteiger partial charge on any atom is 0.343 e. The molecule has 0 aromatic heterocycles. The molecular formula is C23H34O5Si. The molecule has 0 saturated heterocycles. The molecule has 1 aromatic carbocycles. The van der Waals surface area contributed by atoms with Crippen LogP contribution in [0.5, 0.6) is 0 Å². The molecule has 2 rings (SSSR count). The van der Waals surface area contributed by atoms with Gasteiger partial charge in [0.05, 0.1) is 7.11 Å². The van der Waals surface area contributed by atoms with E-state index in [1.54, 1.807) is 13.0 Å². The standard InChI is InChI=1S/C23H34O5Si/c1-9-27-23(20(24)26-6)16-18-12-10-11-13-19(18)22(23,25)15-14-17(2)28-29(7,8)21(3,4)5/h10-13,17,25H,9,16H2,1-8H3. The highest BCUT2D eigenvalue weighted by molar-refractivity contribution is 6.74. The smallest absolute Gasteiger partial charge is 0.343 e. The molecule has 0 spiro atoms. The highest BCUT2D eigenvalue weighted by atomic mass is 28.4. The minimum absolute atomic E-state index is 0.0426. The Labute approximate surface area is 175 Å². The van der Waals surface area contributed by atoms with E-state index >= 15 is 0 Å². The highest BCUT2D eigenvalue weighted by Gasteiger charge is 2.63. The summed E-state index contributed by atoms with van der Waals surface area (Å²) in [6.45, 7) is 14.7. The van der Waals surface area contributed by atoms with Crippen LogP contribution in [0.15, 0.2) is 24.3 Å². The van der Waals surface area contributed by atoms with Gasteiger partial charge in [-0.15, -0.1) is 0 Å². The van der Waals surface area contributed by atoms with Crippen molar-refractivity contribution in [2.45, 2.75) is 76.5 Å². The van der Waals surface area contributed by atoms with Crippen LogP contribution >= 0.6 is 0 Å². The zero-order valence-corrected chi connectivity index (χ0v) is 19.9. The van der Waals surface area contributed by atoms with Gasteiger partial charge in [-0.1, -0.05) is 56.9 Å². The number of methoxy groups -OCH3 is 1. The third-order valence-corrected chi connectivity index (χ3v) is 10.6. The molecule has 5 nitrogen and oxygen atoms in total.